The predicted octanol–water partition coefficient (Wildman–Crippen LogP) is 3.25. The van der Waals surface area contributed by atoms with Crippen molar-refractivity contribution < 1.29 is 19.4 Å². The van der Waals surface area contributed by atoms with E-state index < -0.39 is 6.04 Å². The molecule has 0 bridgehead atoms. The summed E-state index contributed by atoms with van der Waals surface area (Å²) in [5.74, 6) is 0.462. The van der Waals surface area contributed by atoms with Gasteiger partial charge in [-0.15, -0.1) is 0 Å². The first-order chi connectivity index (χ1) is 16.0. The predicted molar refractivity (Wildman–Crippen MR) is 122 cm³/mol. The molecular weight excluding hydrogens is 418 g/mol. The SMILES string of the molecule is O=C([C@@H]1CC2(CC2)CN1C(=O)c1ccncc1O)N1CCC2(C=Cc3ccccc3O2)CC1. The van der Waals surface area contributed by atoms with Gasteiger partial charge in [-0.3, -0.25) is 14.6 Å². The number of hydrogen-bond donors (Lipinski definition) is 1. The number of para-hydroxylation sites is 1. The van der Waals surface area contributed by atoms with Crippen molar-refractivity contribution in [2.24, 2.45) is 5.41 Å². The minimum Gasteiger partial charge on any atom is -0.505 e. The molecule has 1 atom stereocenters. The number of pyridine rings is 1. The van der Waals surface area contributed by atoms with Crippen molar-refractivity contribution in [2.75, 3.05) is 19.6 Å². The number of amides is 2. The van der Waals surface area contributed by atoms with E-state index in [9.17, 15) is 14.7 Å². The fourth-order valence-corrected chi connectivity index (χ4v) is 5.54. The molecule has 6 rings (SSSR count). The molecule has 1 N–H and O–H groups in total. The largest absolute Gasteiger partial charge is 0.505 e. The van der Waals surface area contributed by atoms with Crippen LogP contribution < -0.4 is 4.74 Å². The molecule has 0 radical (unpaired) electrons. The zero-order chi connectivity index (χ0) is 22.6. The van der Waals surface area contributed by atoms with Crippen molar-refractivity contribution in [1.29, 1.82) is 0 Å². The number of hydrogen-bond acceptors (Lipinski definition) is 5. The summed E-state index contributed by atoms with van der Waals surface area (Å²) >= 11 is 0. The van der Waals surface area contributed by atoms with Gasteiger partial charge in [-0.05, 0) is 42.9 Å². The van der Waals surface area contributed by atoms with E-state index in [0.717, 1.165) is 37.0 Å². The molecular formula is C26H27N3O4. The van der Waals surface area contributed by atoms with Crippen LogP contribution in [0.2, 0.25) is 0 Å². The van der Waals surface area contributed by atoms with Gasteiger partial charge in [0.05, 0.1) is 11.8 Å². The second-order valence-electron chi connectivity index (χ2n) is 9.91. The van der Waals surface area contributed by atoms with E-state index in [2.05, 4.69) is 17.1 Å². The van der Waals surface area contributed by atoms with E-state index in [1.165, 1.54) is 18.5 Å². The topological polar surface area (TPSA) is 83.0 Å². The molecule has 1 aliphatic carbocycles. The number of ether oxygens (including phenoxy) is 1. The van der Waals surface area contributed by atoms with E-state index in [0.29, 0.717) is 26.1 Å². The number of aromatic nitrogens is 1. The number of nitrogens with zero attached hydrogens (tertiary/aromatic N) is 3. The van der Waals surface area contributed by atoms with Crippen molar-refractivity contribution >= 4 is 17.9 Å². The Balaban J connectivity index is 1.18. The van der Waals surface area contributed by atoms with Crippen LogP contribution in [0.25, 0.3) is 6.08 Å². The van der Waals surface area contributed by atoms with Gasteiger partial charge in [0, 0.05) is 44.2 Å². The third kappa shape index (κ3) is 3.46. The summed E-state index contributed by atoms with van der Waals surface area (Å²) in [4.78, 5) is 34.3. The van der Waals surface area contributed by atoms with Crippen LogP contribution >= 0.6 is 0 Å². The molecule has 33 heavy (non-hydrogen) atoms. The number of fused-ring (bicyclic) bond motifs is 1. The van der Waals surface area contributed by atoms with Gasteiger partial charge in [0.1, 0.15) is 23.1 Å². The van der Waals surface area contributed by atoms with Crippen LogP contribution in [-0.4, -0.2) is 63.0 Å². The monoisotopic (exact) mass is 445 g/mol. The van der Waals surface area contributed by atoms with E-state index in [1.54, 1.807) is 4.90 Å². The maximum absolute atomic E-state index is 13.6. The molecule has 2 saturated heterocycles. The summed E-state index contributed by atoms with van der Waals surface area (Å²) in [6.45, 7) is 1.76. The highest BCUT2D eigenvalue weighted by Crippen LogP contribution is 2.55. The lowest BCUT2D eigenvalue weighted by Gasteiger charge is -2.43. The van der Waals surface area contributed by atoms with E-state index in [1.807, 2.05) is 29.2 Å². The first kappa shape index (κ1) is 20.3. The Morgan fingerprint density at radius 2 is 1.88 bits per heavy atom. The van der Waals surface area contributed by atoms with Crippen molar-refractivity contribution in [1.82, 2.24) is 14.8 Å². The number of piperidine rings is 1. The zero-order valence-electron chi connectivity index (χ0n) is 18.4. The second kappa shape index (κ2) is 7.33. The van der Waals surface area contributed by atoms with Crippen LogP contribution in [0.4, 0.5) is 0 Å². The molecule has 4 heterocycles. The Kier molecular flexibility index (Phi) is 4.50. The van der Waals surface area contributed by atoms with Gasteiger partial charge in [0.25, 0.3) is 5.91 Å². The summed E-state index contributed by atoms with van der Waals surface area (Å²) in [6, 6.07) is 9.04. The van der Waals surface area contributed by atoms with Gasteiger partial charge in [0.15, 0.2) is 0 Å². The van der Waals surface area contributed by atoms with Gasteiger partial charge >= 0.3 is 0 Å². The lowest BCUT2D eigenvalue weighted by Crippen LogP contribution is -2.54. The minimum atomic E-state index is -0.481. The van der Waals surface area contributed by atoms with E-state index >= 15 is 0 Å². The average Bonchev–Trinajstić information content (AvgIpc) is 3.49. The van der Waals surface area contributed by atoms with Crippen LogP contribution in [0.3, 0.4) is 0 Å². The highest BCUT2D eigenvalue weighted by molar-refractivity contribution is 6.00. The second-order valence-corrected chi connectivity index (χ2v) is 9.91. The van der Waals surface area contributed by atoms with Crippen molar-refractivity contribution in [2.45, 2.75) is 43.7 Å². The minimum absolute atomic E-state index is 0.00992. The molecule has 1 aromatic carbocycles. The Hall–Kier alpha value is -3.35. The molecule has 4 aliphatic rings. The van der Waals surface area contributed by atoms with E-state index in [-0.39, 0.29) is 34.1 Å². The number of carbonyl (C=O) groups is 2. The average molecular weight is 446 g/mol. The molecule has 7 heteroatoms. The summed E-state index contributed by atoms with van der Waals surface area (Å²) < 4.78 is 6.36. The molecule has 1 aromatic heterocycles. The fraction of sp³-hybridized carbons (Fsp3) is 0.423. The third-order valence-electron chi connectivity index (χ3n) is 7.76. The van der Waals surface area contributed by atoms with Gasteiger partial charge in [-0.2, -0.15) is 0 Å². The molecule has 2 aromatic rings. The molecule has 0 unspecified atom stereocenters. The number of likely N-dealkylation sites (tertiary alicyclic amines) is 2. The molecule has 7 nitrogen and oxygen atoms in total. The number of aromatic hydroxyl groups is 1. The maximum Gasteiger partial charge on any atom is 0.258 e. The lowest BCUT2D eigenvalue weighted by molar-refractivity contribution is -0.138. The van der Waals surface area contributed by atoms with E-state index in [4.69, 9.17) is 4.74 Å². The number of carbonyl (C=O) groups excluding carboxylic acids is 2. The van der Waals surface area contributed by atoms with Crippen molar-refractivity contribution in [3.63, 3.8) is 0 Å². The first-order valence-electron chi connectivity index (χ1n) is 11.7. The third-order valence-corrected chi connectivity index (χ3v) is 7.76. The van der Waals surface area contributed by atoms with Crippen LogP contribution in [0.1, 0.15) is 48.0 Å². The first-order valence-corrected chi connectivity index (χ1v) is 11.7. The van der Waals surface area contributed by atoms with Gasteiger partial charge in [-0.25, -0.2) is 0 Å². The highest BCUT2D eigenvalue weighted by atomic mass is 16.5. The maximum atomic E-state index is 13.6. The Labute approximate surface area is 192 Å². The Bertz CT molecular complexity index is 1150. The number of rotatable bonds is 2. The molecule has 1 saturated carbocycles. The Morgan fingerprint density at radius 1 is 1.09 bits per heavy atom. The standard InChI is InChI=1S/C26H27N3O4/c30-21-16-27-12-6-19(21)23(31)29-17-25(8-9-25)15-20(29)24(32)28-13-10-26(11-14-28)7-5-18-3-1-2-4-22(18)33-26/h1-7,12,16,20,30H,8-11,13-15,17H2/t20-/m0/s1. The lowest BCUT2D eigenvalue weighted by atomic mass is 9.87. The summed E-state index contributed by atoms with van der Waals surface area (Å²) in [5.41, 5.74) is 0.971. The van der Waals surface area contributed by atoms with Gasteiger partial charge in [0.2, 0.25) is 5.91 Å². The molecule has 2 spiro atoms. The molecule has 170 valence electrons. The summed E-state index contributed by atoms with van der Waals surface area (Å²) in [6.07, 6.45) is 11.3. The van der Waals surface area contributed by atoms with Crippen LogP contribution in [0.15, 0.2) is 48.8 Å². The van der Waals surface area contributed by atoms with Gasteiger partial charge in [-0.1, -0.05) is 24.3 Å². The fourth-order valence-electron chi connectivity index (χ4n) is 5.54. The van der Waals surface area contributed by atoms with Gasteiger partial charge < -0.3 is 19.6 Å². The molecule has 3 fully saturated rings. The molecule has 3 aliphatic heterocycles. The summed E-state index contributed by atoms with van der Waals surface area (Å²) in [5, 5.41) is 10.1. The normalized spacial score (nSPS) is 23.9. The zero-order valence-corrected chi connectivity index (χ0v) is 18.4. The number of benzene rings is 1. The molecule has 2 amide bonds. The van der Waals surface area contributed by atoms with Crippen molar-refractivity contribution in [3.8, 4) is 11.5 Å². The quantitative estimate of drug-likeness (QED) is 0.767. The van der Waals surface area contributed by atoms with Crippen LogP contribution in [0.5, 0.6) is 11.5 Å². The van der Waals surface area contributed by atoms with Crippen LogP contribution in [0, 0.1) is 5.41 Å². The smallest absolute Gasteiger partial charge is 0.258 e. The summed E-state index contributed by atoms with van der Waals surface area (Å²) in [7, 11) is 0. The van der Waals surface area contributed by atoms with Crippen molar-refractivity contribution in [3.05, 3.63) is 59.9 Å². The Morgan fingerprint density at radius 3 is 2.64 bits per heavy atom. The highest BCUT2D eigenvalue weighted by Gasteiger charge is 2.56. The van der Waals surface area contributed by atoms with Crippen LogP contribution in [-0.2, 0) is 4.79 Å².